The van der Waals surface area contributed by atoms with Crippen molar-refractivity contribution in [3.05, 3.63) is 20.6 Å². The van der Waals surface area contributed by atoms with Crippen LogP contribution in [0.25, 0.3) is 0 Å². The van der Waals surface area contributed by atoms with Crippen LogP contribution in [0.3, 0.4) is 0 Å². The highest BCUT2D eigenvalue weighted by Gasteiger charge is 2.11. The van der Waals surface area contributed by atoms with E-state index in [0.717, 1.165) is 10.0 Å². The lowest BCUT2D eigenvalue weighted by molar-refractivity contribution is 0.371. The Balaban J connectivity index is 3.39. The number of rotatable bonds is 1. The predicted octanol–water partition coefficient (Wildman–Crippen LogP) is 3.23. The summed E-state index contributed by atoms with van der Waals surface area (Å²) in [5, 5.41) is 9.50. The predicted molar refractivity (Wildman–Crippen MR) is 54.8 cm³/mol. The molecular weight excluding hydrogens is 288 g/mol. The maximum absolute atomic E-state index is 9.50. The number of halogens is 2. The fourth-order valence-electron chi connectivity index (χ4n) is 0.869. The van der Waals surface area contributed by atoms with Crippen molar-refractivity contribution in [3.8, 4) is 11.5 Å². The number of hydrogen-bond donors (Lipinski definition) is 1. The second-order valence-corrected chi connectivity index (χ2v) is 3.96. The summed E-state index contributed by atoms with van der Waals surface area (Å²) in [5.41, 5.74) is 1.01. The Morgan fingerprint density at radius 3 is 2.42 bits per heavy atom. The van der Waals surface area contributed by atoms with Crippen LogP contribution in [0.15, 0.2) is 15.0 Å². The molecule has 0 amide bonds. The fourth-order valence-corrected chi connectivity index (χ4v) is 1.68. The van der Waals surface area contributed by atoms with Gasteiger partial charge in [-0.25, -0.2) is 0 Å². The van der Waals surface area contributed by atoms with Crippen molar-refractivity contribution in [2.45, 2.75) is 6.92 Å². The van der Waals surface area contributed by atoms with Crippen molar-refractivity contribution in [2.24, 2.45) is 0 Å². The summed E-state index contributed by atoms with van der Waals surface area (Å²) in [6.45, 7) is 1.93. The monoisotopic (exact) mass is 294 g/mol. The highest BCUT2D eigenvalue weighted by Crippen LogP contribution is 2.41. The number of hydrogen-bond acceptors (Lipinski definition) is 2. The third-order valence-corrected chi connectivity index (χ3v) is 3.87. The van der Waals surface area contributed by atoms with Gasteiger partial charge in [0.05, 0.1) is 11.6 Å². The van der Waals surface area contributed by atoms with Gasteiger partial charge in [-0.2, -0.15) is 0 Å². The number of benzene rings is 1. The molecule has 0 atom stereocenters. The summed E-state index contributed by atoms with van der Waals surface area (Å²) >= 11 is 6.58. The van der Waals surface area contributed by atoms with E-state index in [1.807, 2.05) is 6.92 Å². The Labute approximate surface area is 87.8 Å². The van der Waals surface area contributed by atoms with Crippen molar-refractivity contribution in [1.82, 2.24) is 0 Å². The van der Waals surface area contributed by atoms with E-state index in [0.29, 0.717) is 10.2 Å². The minimum Gasteiger partial charge on any atom is -0.503 e. The average molecular weight is 296 g/mol. The van der Waals surface area contributed by atoms with Crippen LogP contribution in [0, 0.1) is 6.92 Å². The number of ether oxygens (including phenoxy) is 1. The molecule has 1 aromatic carbocycles. The van der Waals surface area contributed by atoms with Crippen LogP contribution in [0.5, 0.6) is 11.5 Å². The molecule has 0 heterocycles. The molecule has 12 heavy (non-hydrogen) atoms. The van der Waals surface area contributed by atoms with Crippen molar-refractivity contribution < 1.29 is 9.84 Å². The Hall–Kier alpha value is -0.220. The smallest absolute Gasteiger partial charge is 0.173 e. The first-order valence-corrected chi connectivity index (χ1v) is 4.88. The van der Waals surface area contributed by atoms with Gasteiger partial charge >= 0.3 is 0 Å². The zero-order valence-electron chi connectivity index (χ0n) is 6.69. The standard InChI is InChI=1S/C8H8Br2O2/c1-4-3-5(12-2)8(11)7(10)6(4)9/h3,11H,1-2H3. The van der Waals surface area contributed by atoms with Gasteiger partial charge < -0.3 is 9.84 Å². The maximum Gasteiger partial charge on any atom is 0.173 e. The van der Waals surface area contributed by atoms with Gasteiger partial charge in [0.25, 0.3) is 0 Å². The second kappa shape index (κ2) is 3.66. The molecule has 1 aromatic rings. The highest BCUT2D eigenvalue weighted by atomic mass is 79.9. The summed E-state index contributed by atoms with van der Waals surface area (Å²) in [6.07, 6.45) is 0. The largest absolute Gasteiger partial charge is 0.503 e. The lowest BCUT2D eigenvalue weighted by atomic mass is 10.2. The minimum absolute atomic E-state index is 0.120. The Kier molecular flexibility index (Phi) is 3.01. The van der Waals surface area contributed by atoms with E-state index < -0.39 is 0 Å². The zero-order chi connectivity index (χ0) is 9.30. The lowest BCUT2D eigenvalue weighted by Crippen LogP contribution is -1.87. The van der Waals surface area contributed by atoms with Crippen LogP contribution in [0.4, 0.5) is 0 Å². The van der Waals surface area contributed by atoms with Gasteiger partial charge in [0.1, 0.15) is 0 Å². The third kappa shape index (κ3) is 1.59. The first-order chi connectivity index (χ1) is 5.57. The molecule has 4 heteroatoms. The Morgan fingerprint density at radius 1 is 1.33 bits per heavy atom. The first kappa shape index (κ1) is 9.86. The molecular formula is C8H8Br2O2. The second-order valence-electron chi connectivity index (χ2n) is 2.37. The quantitative estimate of drug-likeness (QED) is 0.862. The van der Waals surface area contributed by atoms with Crippen LogP contribution >= 0.6 is 31.9 Å². The third-order valence-electron chi connectivity index (χ3n) is 1.55. The van der Waals surface area contributed by atoms with Crippen LogP contribution < -0.4 is 4.74 Å². The molecule has 0 spiro atoms. The molecule has 0 aliphatic rings. The minimum atomic E-state index is 0.120. The van der Waals surface area contributed by atoms with Crippen molar-refractivity contribution in [3.63, 3.8) is 0 Å². The van der Waals surface area contributed by atoms with Crippen LogP contribution in [-0.4, -0.2) is 12.2 Å². The summed E-state index contributed by atoms with van der Waals surface area (Å²) in [6, 6.07) is 1.77. The van der Waals surface area contributed by atoms with Crippen LogP contribution in [0.1, 0.15) is 5.56 Å². The van der Waals surface area contributed by atoms with E-state index >= 15 is 0 Å². The number of phenols is 1. The van der Waals surface area contributed by atoms with Gasteiger partial charge in [-0.15, -0.1) is 0 Å². The van der Waals surface area contributed by atoms with E-state index in [1.165, 1.54) is 7.11 Å². The molecule has 0 saturated carbocycles. The molecule has 0 unspecified atom stereocenters. The molecule has 0 radical (unpaired) electrons. The maximum atomic E-state index is 9.50. The van der Waals surface area contributed by atoms with Crippen LogP contribution in [0.2, 0.25) is 0 Å². The van der Waals surface area contributed by atoms with E-state index in [4.69, 9.17) is 4.74 Å². The van der Waals surface area contributed by atoms with Gasteiger partial charge in [0, 0.05) is 4.47 Å². The fraction of sp³-hybridized carbons (Fsp3) is 0.250. The Morgan fingerprint density at radius 2 is 1.92 bits per heavy atom. The normalized spacial score (nSPS) is 10.0. The van der Waals surface area contributed by atoms with Gasteiger partial charge in [0.15, 0.2) is 11.5 Å². The summed E-state index contributed by atoms with van der Waals surface area (Å²) < 4.78 is 6.43. The zero-order valence-corrected chi connectivity index (χ0v) is 9.86. The SMILES string of the molecule is COc1cc(C)c(Br)c(Br)c1O. The molecule has 1 N–H and O–H groups in total. The molecule has 66 valence electrons. The lowest BCUT2D eigenvalue weighted by Gasteiger charge is -2.08. The van der Waals surface area contributed by atoms with E-state index in [1.54, 1.807) is 6.07 Å². The molecule has 2 nitrogen and oxygen atoms in total. The number of methoxy groups -OCH3 is 1. The summed E-state index contributed by atoms with van der Waals surface area (Å²) in [5.74, 6) is 0.595. The molecule has 0 aliphatic carbocycles. The average Bonchev–Trinajstić information content (AvgIpc) is 2.08. The van der Waals surface area contributed by atoms with Gasteiger partial charge in [-0.3, -0.25) is 0 Å². The van der Waals surface area contributed by atoms with Gasteiger partial charge in [-0.05, 0) is 50.4 Å². The van der Waals surface area contributed by atoms with E-state index in [-0.39, 0.29) is 5.75 Å². The van der Waals surface area contributed by atoms with Crippen molar-refractivity contribution in [1.29, 1.82) is 0 Å². The summed E-state index contributed by atoms with van der Waals surface area (Å²) in [4.78, 5) is 0. The topological polar surface area (TPSA) is 29.5 Å². The number of phenolic OH excluding ortho intramolecular Hbond substituents is 1. The number of aryl methyl sites for hydroxylation is 1. The molecule has 0 aromatic heterocycles. The molecule has 0 bridgehead atoms. The molecule has 0 saturated heterocycles. The summed E-state index contributed by atoms with van der Waals surface area (Å²) in [7, 11) is 1.52. The van der Waals surface area contributed by atoms with Crippen molar-refractivity contribution in [2.75, 3.05) is 7.11 Å². The van der Waals surface area contributed by atoms with E-state index in [9.17, 15) is 5.11 Å². The first-order valence-electron chi connectivity index (χ1n) is 3.29. The van der Waals surface area contributed by atoms with Crippen LogP contribution in [-0.2, 0) is 0 Å². The van der Waals surface area contributed by atoms with Gasteiger partial charge in [-0.1, -0.05) is 0 Å². The van der Waals surface area contributed by atoms with Gasteiger partial charge in [0.2, 0.25) is 0 Å². The molecule has 0 fully saturated rings. The number of aromatic hydroxyl groups is 1. The molecule has 1 rings (SSSR count). The molecule has 0 aliphatic heterocycles. The Bertz CT molecular complexity index is 310. The van der Waals surface area contributed by atoms with Crippen molar-refractivity contribution >= 4 is 31.9 Å². The highest BCUT2D eigenvalue weighted by molar-refractivity contribution is 9.13. The van der Waals surface area contributed by atoms with E-state index in [2.05, 4.69) is 31.9 Å².